The molecule has 1 aromatic heterocycles. The summed E-state index contributed by atoms with van der Waals surface area (Å²) < 4.78 is 28.2. The van der Waals surface area contributed by atoms with Crippen molar-refractivity contribution in [2.45, 2.75) is 24.3 Å². The summed E-state index contributed by atoms with van der Waals surface area (Å²) in [4.78, 5) is 18.7. The first-order valence-corrected chi connectivity index (χ1v) is 6.71. The van der Waals surface area contributed by atoms with E-state index in [2.05, 4.69) is 14.7 Å². The lowest BCUT2D eigenvalue weighted by atomic mass is 10.3. The number of methoxy groups -OCH3 is 1. The van der Waals surface area contributed by atoms with Gasteiger partial charge < -0.3 is 4.74 Å². The summed E-state index contributed by atoms with van der Waals surface area (Å²) in [5.41, 5.74) is 0. The highest BCUT2D eigenvalue weighted by molar-refractivity contribution is 7.91. The minimum absolute atomic E-state index is 0.161. The fraction of sp³-hybridized carbons (Fsp3) is 0.500. The van der Waals surface area contributed by atoms with Crippen molar-refractivity contribution >= 4 is 15.8 Å². The molecule has 1 aromatic rings. The fourth-order valence-corrected chi connectivity index (χ4v) is 2.36. The van der Waals surface area contributed by atoms with Crippen LogP contribution >= 0.6 is 0 Å². The Kier molecular flexibility index (Phi) is 4.56. The SMILES string of the molecule is COC(=O)CC(C)S(=O)(=O)Cc1ncccn1. The van der Waals surface area contributed by atoms with Crippen LogP contribution in [0, 0.1) is 0 Å². The molecule has 0 bridgehead atoms. The van der Waals surface area contributed by atoms with E-state index >= 15 is 0 Å². The molecule has 1 unspecified atom stereocenters. The van der Waals surface area contributed by atoms with Crippen molar-refractivity contribution < 1.29 is 17.9 Å². The van der Waals surface area contributed by atoms with Gasteiger partial charge in [0.2, 0.25) is 0 Å². The van der Waals surface area contributed by atoms with Crippen LogP contribution in [0.15, 0.2) is 18.5 Å². The summed E-state index contributed by atoms with van der Waals surface area (Å²) in [5, 5.41) is -0.807. The zero-order valence-electron chi connectivity index (χ0n) is 9.66. The predicted octanol–water partition coefficient (Wildman–Crippen LogP) is 0.343. The lowest BCUT2D eigenvalue weighted by molar-refractivity contribution is -0.140. The maximum Gasteiger partial charge on any atom is 0.306 e. The normalized spacial score (nSPS) is 13.1. The van der Waals surface area contributed by atoms with E-state index in [9.17, 15) is 13.2 Å². The topological polar surface area (TPSA) is 86.2 Å². The van der Waals surface area contributed by atoms with Crippen molar-refractivity contribution in [1.82, 2.24) is 9.97 Å². The molecule has 94 valence electrons. The Balaban J connectivity index is 2.72. The van der Waals surface area contributed by atoms with Crippen molar-refractivity contribution in [3.63, 3.8) is 0 Å². The first kappa shape index (κ1) is 13.6. The van der Waals surface area contributed by atoms with Crippen molar-refractivity contribution in [2.24, 2.45) is 0 Å². The van der Waals surface area contributed by atoms with Gasteiger partial charge in [-0.1, -0.05) is 0 Å². The van der Waals surface area contributed by atoms with Crippen LogP contribution in [0.4, 0.5) is 0 Å². The number of nitrogens with zero attached hydrogens (tertiary/aromatic N) is 2. The molecule has 7 heteroatoms. The Morgan fingerprint density at radius 2 is 2.00 bits per heavy atom. The molecule has 0 saturated heterocycles. The number of ether oxygens (including phenoxy) is 1. The van der Waals surface area contributed by atoms with Gasteiger partial charge in [-0.2, -0.15) is 0 Å². The standard InChI is InChI=1S/C10H14N2O4S/c1-8(6-10(13)16-2)17(14,15)7-9-11-4-3-5-12-9/h3-5,8H,6-7H2,1-2H3. The minimum atomic E-state index is -3.44. The second-order valence-electron chi connectivity index (χ2n) is 3.56. The maximum atomic E-state index is 11.9. The average Bonchev–Trinajstić information content (AvgIpc) is 2.29. The summed E-state index contributed by atoms with van der Waals surface area (Å²) in [6.45, 7) is 1.47. The summed E-state index contributed by atoms with van der Waals surface area (Å²) in [6.07, 6.45) is 2.79. The van der Waals surface area contributed by atoms with Gasteiger partial charge in [0.1, 0.15) is 11.6 Å². The van der Waals surface area contributed by atoms with E-state index in [0.29, 0.717) is 0 Å². The second-order valence-corrected chi connectivity index (χ2v) is 5.98. The third-order valence-corrected chi connectivity index (χ3v) is 4.30. The Morgan fingerprint density at radius 1 is 1.41 bits per heavy atom. The van der Waals surface area contributed by atoms with Gasteiger partial charge >= 0.3 is 5.97 Å². The van der Waals surface area contributed by atoms with E-state index in [1.165, 1.54) is 26.4 Å². The number of aromatic nitrogens is 2. The van der Waals surface area contributed by atoms with Crippen LogP contribution in [0.2, 0.25) is 0 Å². The molecule has 1 rings (SSSR count). The molecule has 0 aliphatic carbocycles. The first-order valence-electron chi connectivity index (χ1n) is 5.00. The molecule has 1 atom stereocenters. The molecule has 0 amide bonds. The zero-order valence-corrected chi connectivity index (χ0v) is 10.5. The molecule has 0 saturated carbocycles. The van der Waals surface area contributed by atoms with Gasteiger partial charge in [0, 0.05) is 12.4 Å². The van der Waals surface area contributed by atoms with Crippen LogP contribution in [-0.4, -0.2) is 36.7 Å². The summed E-state index contributed by atoms with van der Waals surface area (Å²) >= 11 is 0. The highest BCUT2D eigenvalue weighted by Gasteiger charge is 2.25. The predicted molar refractivity (Wildman–Crippen MR) is 60.8 cm³/mol. The third-order valence-electron chi connectivity index (χ3n) is 2.24. The lowest BCUT2D eigenvalue weighted by Gasteiger charge is -2.10. The summed E-state index contributed by atoms with van der Waals surface area (Å²) in [7, 11) is -2.22. The molecule has 0 fully saturated rings. The van der Waals surface area contributed by atoms with Crippen molar-refractivity contribution in [3.8, 4) is 0 Å². The van der Waals surface area contributed by atoms with E-state index in [1.807, 2.05) is 0 Å². The van der Waals surface area contributed by atoms with Crippen LogP contribution < -0.4 is 0 Å². The van der Waals surface area contributed by atoms with Crippen LogP contribution in [-0.2, 0) is 25.1 Å². The molecule has 1 heterocycles. The Hall–Kier alpha value is -1.50. The number of carbonyl (C=O) groups is 1. The van der Waals surface area contributed by atoms with Gasteiger partial charge in [-0.05, 0) is 13.0 Å². The van der Waals surface area contributed by atoms with E-state index in [-0.39, 0.29) is 18.0 Å². The first-order chi connectivity index (χ1) is 7.95. The van der Waals surface area contributed by atoms with E-state index in [0.717, 1.165) is 0 Å². The molecule has 0 aliphatic rings. The molecule has 0 aliphatic heterocycles. The second kappa shape index (κ2) is 5.72. The van der Waals surface area contributed by atoms with Crippen LogP contribution in [0.3, 0.4) is 0 Å². The summed E-state index contributed by atoms with van der Waals surface area (Å²) in [6, 6.07) is 1.61. The largest absolute Gasteiger partial charge is 0.469 e. The molecular formula is C10H14N2O4S. The Morgan fingerprint density at radius 3 is 2.53 bits per heavy atom. The summed E-state index contributed by atoms with van der Waals surface area (Å²) in [5.74, 6) is -0.592. The van der Waals surface area contributed by atoms with E-state index < -0.39 is 21.1 Å². The number of carbonyl (C=O) groups excluding carboxylic acids is 1. The van der Waals surface area contributed by atoms with Gasteiger partial charge in [0.15, 0.2) is 9.84 Å². The molecule has 0 N–H and O–H groups in total. The number of rotatable bonds is 5. The van der Waals surface area contributed by atoms with Crippen LogP contribution in [0.5, 0.6) is 0 Å². The third kappa shape index (κ3) is 4.10. The molecule has 6 nitrogen and oxygen atoms in total. The van der Waals surface area contributed by atoms with E-state index in [1.54, 1.807) is 6.07 Å². The molecular weight excluding hydrogens is 244 g/mol. The maximum absolute atomic E-state index is 11.9. The number of esters is 1. The van der Waals surface area contributed by atoms with Crippen molar-refractivity contribution in [1.29, 1.82) is 0 Å². The van der Waals surface area contributed by atoms with Gasteiger partial charge in [-0.3, -0.25) is 4.79 Å². The van der Waals surface area contributed by atoms with Gasteiger partial charge in [0.25, 0.3) is 0 Å². The van der Waals surface area contributed by atoms with Crippen LogP contribution in [0.1, 0.15) is 19.2 Å². The molecule has 0 radical (unpaired) electrons. The number of sulfone groups is 1. The Labute approximate surface area is 100.0 Å². The minimum Gasteiger partial charge on any atom is -0.469 e. The monoisotopic (exact) mass is 258 g/mol. The average molecular weight is 258 g/mol. The van der Waals surface area contributed by atoms with Gasteiger partial charge in [0.05, 0.1) is 18.8 Å². The number of hydrogen-bond acceptors (Lipinski definition) is 6. The Bertz CT molecular complexity index is 472. The van der Waals surface area contributed by atoms with Gasteiger partial charge in [-0.15, -0.1) is 0 Å². The molecule has 0 aromatic carbocycles. The fourth-order valence-electron chi connectivity index (χ4n) is 1.17. The quantitative estimate of drug-likeness (QED) is 0.708. The highest BCUT2D eigenvalue weighted by atomic mass is 32.2. The van der Waals surface area contributed by atoms with E-state index in [4.69, 9.17) is 0 Å². The molecule has 17 heavy (non-hydrogen) atoms. The van der Waals surface area contributed by atoms with Gasteiger partial charge in [-0.25, -0.2) is 18.4 Å². The molecule has 0 spiro atoms. The highest BCUT2D eigenvalue weighted by Crippen LogP contribution is 2.11. The van der Waals surface area contributed by atoms with Crippen LogP contribution in [0.25, 0.3) is 0 Å². The van der Waals surface area contributed by atoms with Crippen molar-refractivity contribution in [2.75, 3.05) is 7.11 Å². The van der Waals surface area contributed by atoms with Crippen molar-refractivity contribution in [3.05, 3.63) is 24.3 Å². The smallest absolute Gasteiger partial charge is 0.306 e. The zero-order chi connectivity index (χ0) is 12.9. The number of hydrogen-bond donors (Lipinski definition) is 0. The lowest BCUT2D eigenvalue weighted by Crippen LogP contribution is -2.24.